The third-order valence-corrected chi connectivity index (χ3v) is 5.21. The minimum absolute atomic E-state index is 0.104. The largest absolute Gasteiger partial charge is 0.469 e. The van der Waals surface area contributed by atoms with Crippen molar-refractivity contribution in [3.63, 3.8) is 0 Å². The van der Waals surface area contributed by atoms with Gasteiger partial charge in [0, 0.05) is 18.7 Å². The summed E-state index contributed by atoms with van der Waals surface area (Å²) in [5.41, 5.74) is 1.63. The van der Waals surface area contributed by atoms with Crippen molar-refractivity contribution in [2.75, 3.05) is 14.2 Å². The van der Waals surface area contributed by atoms with Gasteiger partial charge in [-0.1, -0.05) is 12.1 Å². The monoisotopic (exact) mass is 317 g/mol. The average molecular weight is 317 g/mol. The zero-order valence-corrected chi connectivity index (χ0v) is 13.6. The van der Waals surface area contributed by atoms with Gasteiger partial charge in [-0.25, -0.2) is 0 Å². The molecule has 3 rings (SSSR count). The number of amides is 1. The molecule has 0 aliphatic heterocycles. The van der Waals surface area contributed by atoms with Gasteiger partial charge in [0.15, 0.2) is 0 Å². The standard InChI is InChI=1S/C18H23NO4/c1-22-10-11-3-5-12(6-4-11)17(20)19-16-14-8-7-13(9-14)15(16)18(21)23-2/h3-6,13-16H,7-10H2,1-2H3,(H,19,20)/t13-,14-,15+,16-/m0/s1. The van der Waals surface area contributed by atoms with Gasteiger partial charge in [0.2, 0.25) is 0 Å². The van der Waals surface area contributed by atoms with Gasteiger partial charge in [-0.05, 0) is 48.8 Å². The molecule has 1 amide bonds. The molecule has 2 fully saturated rings. The van der Waals surface area contributed by atoms with Crippen molar-refractivity contribution in [2.45, 2.75) is 31.9 Å². The fourth-order valence-corrected chi connectivity index (χ4v) is 4.13. The highest BCUT2D eigenvalue weighted by Gasteiger charge is 2.52. The number of nitrogens with one attached hydrogen (secondary N) is 1. The van der Waals surface area contributed by atoms with Crippen LogP contribution in [0.2, 0.25) is 0 Å². The molecule has 2 aliphatic carbocycles. The molecule has 5 heteroatoms. The van der Waals surface area contributed by atoms with Gasteiger partial charge in [0.05, 0.1) is 19.6 Å². The van der Waals surface area contributed by atoms with E-state index in [9.17, 15) is 9.59 Å². The first-order chi connectivity index (χ1) is 11.1. The maximum absolute atomic E-state index is 12.5. The van der Waals surface area contributed by atoms with E-state index in [0.29, 0.717) is 24.0 Å². The Kier molecular flexibility index (Phi) is 4.66. The number of hydrogen-bond donors (Lipinski definition) is 1. The van der Waals surface area contributed by atoms with Crippen LogP contribution in [0, 0.1) is 17.8 Å². The van der Waals surface area contributed by atoms with Crippen molar-refractivity contribution in [3.8, 4) is 0 Å². The maximum Gasteiger partial charge on any atom is 0.311 e. The number of carbonyl (C=O) groups is 2. The van der Waals surface area contributed by atoms with E-state index in [1.54, 1.807) is 19.2 Å². The van der Waals surface area contributed by atoms with Gasteiger partial charge in [0.25, 0.3) is 5.91 Å². The lowest BCUT2D eigenvalue weighted by atomic mass is 9.84. The van der Waals surface area contributed by atoms with Crippen LogP contribution in [0.1, 0.15) is 35.2 Å². The predicted octanol–water partition coefficient (Wildman–Crippen LogP) is 2.15. The molecule has 5 nitrogen and oxygen atoms in total. The molecule has 0 aromatic heterocycles. The Balaban J connectivity index is 1.70. The van der Waals surface area contributed by atoms with Gasteiger partial charge in [0.1, 0.15) is 0 Å². The van der Waals surface area contributed by atoms with Gasteiger partial charge < -0.3 is 14.8 Å². The third kappa shape index (κ3) is 3.11. The summed E-state index contributed by atoms with van der Waals surface area (Å²) in [7, 11) is 3.06. The van der Waals surface area contributed by atoms with E-state index >= 15 is 0 Å². The van der Waals surface area contributed by atoms with E-state index in [-0.39, 0.29) is 23.8 Å². The first-order valence-electron chi connectivity index (χ1n) is 8.10. The summed E-state index contributed by atoms with van der Waals surface area (Å²) in [4.78, 5) is 24.6. The van der Waals surface area contributed by atoms with E-state index in [2.05, 4.69) is 5.32 Å². The van der Waals surface area contributed by atoms with E-state index in [4.69, 9.17) is 9.47 Å². The molecule has 2 bridgehead atoms. The molecule has 0 radical (unpaired) electrons. The van der Waals surface area contributed by atoms with Crippen LogP contribution >= 0.6 is 0 Å². The Morgan fingerprint density at radius 1 is 1.13 bits per heavy atom. The summed E-state index contributed by atoms with van der Waals surface area (Å²) in [6.45, 7) is 0.526. The molecule has 2 aliphatic rings. The van der Waals surface area contributed by atoms with Gasteiger partial charge in [-0.2, -0.15) is 0 Å². The summed E-state index contributed by atoms with van der Waals surface area (Å²) in [5, 5.41) is 3.07. The van der Waals surface area contributed by atoms with Crippen molar-refractivity contribution in [2.24, 2.45) is 17.8 Å². The second kappa shape index (κ2) is 6.71. The van der Waals surface area contributed by atoms with Crippen molar-refractivity contribution in [1.29, 1.82) is 0 Å². The van der Waals surface area contributed by atoms with Crippen LogP contribution in [0.15, 0.2) is 24.3 Å². The lowest BCUT2D eigenvalue weighted by Gasteiger charge is -2.29. The van der Waals surface area contributed by atoms with Crippen molar-refractivity contribution in [3.05, 3.63) is 35.4 Å². The number of methoxy groups -OCH3 is 2. The molecule has 1 aromatic rings. The van der Waals surface area contributed by atoms with Crippen molar-refractivity contribution in [1.82, 2.24) is 5.32 Å². The number of rotatable bonds is 5. The summed E-state index contributed by atoms with van der Waals surface area (Å²) < 4.78 is 10.0. The molecule has 0 spiro atoms. The Labute approximate surface area is 136 Å². The lowest BCUT2D eigenvalue weighted by molar-refractivity contribution is -0.148. The second-order valence-corrected chi connectivity index (χ2v) is 6.51. The first-order valence-corrected chi connectivity index (χ1v) is 8.10. The van der Waals surface area contributed by atoms with E-state index < -0.39 is 0 Å². The molecular formula is C18H23NO4. The summed E-state index contributed by atoms with van der Waals surface area (Å²) in [6, 6.07) is 7.26. The van der Waals surface area contributed by atoms with E-state index in [1.807, 2.05) is 12.1 Å². The van der Waals surface area contributed by atoms with Gasteiger partial charge >= 0.3 is 5.97 Å². The number of carbonyl (C=O) groups excluding carboxylic acids is 2. The zero-order chi connectivity index (χ0) is 16.4. The highest BCUT2D eigenvalue weighted by molar-refractivity contribution is 5.94. The van der Waals surface area contributed by atoms with Crippen LogP contribution in [-0.4, -0.2) is 32.1 Å². The SMILES string of the molecule is COCc1ccc(C(=O)N[C@H]2[C@H]3CC[C@@H](C3)[C@H]2C(=O)OC)cc1. The molecule has 1 aromatic carbocycles. The highest BCUT2D eigenvalue weighted by Crippen LogP contribution is 2.49. The molecule has 124 valence electrons. The molecule has 0 saturated heterocycles. The summed E-state index contributed by atoms with van der Waals surface area (Å²) in [5.74, 6) is 0.219. The highest BCUT2D eigenvalue weighted by atomic mass is 16.5. The molecule has 0 unspecified atom stereocenters. The Morgan fingerprint density at radius 3 is 2.48 bits per heavy atom. The zero-order valence-electron chi connectivity index (χ0n) is 13.6. The first kappa shape index (κ1) is 16.0. The molecule has 1 N–H and O–H groups in total. The third-order valence-electron chi connectivity index (χ3n) is 5.21. The van der Waals surface area contributed by atoms with Crippen molar-refractivity contribution >= 4 is 11.9 Å². The average Bonchev–Trinajstić information content (AvgIpc) is 3.16. The van der Waals surface area contributed by atoms with E-state index in [1.165, 1.54) is 7.11 Å². The minimum Gasteiger partial charge on any atom is -0.469 e. The van der Waals surface area contributed by atoms with Gasteiger partial charge in [-0.3, -0.25) is 9.59 Å². The number of fused-ring (bicyclic) bond motifs is 2. The summed E-state index contributed by atoms with van der Waals surface area (Å²) in [6.07, 6.45) is 3.15. The number of ether oxygens (including phenoxy) is 2. The number of benzene rings is 1. The maximum atomic E-state index is 12.5. The Bertz CT molecular complexity index is 583. The molecular weight excluding hydrogens is 294 g/mol. The van der Waals surface area contributed by atoms with Crippen LogP contribution in [0.25, 0.3) is 0 Å². The Hall–Kier alpha value is -1.88. The molecule has 0 heterocycles. The fourth-order valence-electron chi connectivity index (χ4n) is 4.13. The second-order valence-electron chi connectivity index (χ2n) is 6.51. The normalized spacial score (nSPS) is 28.6. The topological polar surface area (TPSA) is 64.6 Å². The quantitative estimate of drug-likeness (QED) is 0.845. The van der Waals surface area contributed by atoms with Crippen LogP contribution in [0.3, 0.4) is 0 Å². The molecule has 2 saturated carbocycles. The van der Waals surface area contributed by atoms with E-state index in [0.717, 1.165) is 24.8 Å². The number of esters is 1. The van der Waals surface area contributed by atoms with Crippen molar-refractivity contribution < 1.29 is 19.1 Å². The van der Waals surface area contributed by atoms with Crippen LogP contribution in [-0.2, 0) is 20.9 Å². The summed E-state index contributed by atoms with van der Waals surface area (Å²) >= 11 is 0. The van der Waals surface area contributed by atoms with Crippen LogP contribution in [0.4, 0.5) is 0 Å². The van der Waals surface area contributed by atoms with Gasteiger partial charge in [-0.15, -0.1) is 0 Å². The van der Waals surface area contributed by atoms with Crippen LogP contribution in [0.5, 0.6) is 0 Å². The fraction of sp³-hybridized carbons (Fsp3) is 0.556. The number of hydrogen-bond acceptors (Lipinski definition) is 4. The Morgan fingerprint density at radius 2 is 1.83 bits per heavy atom. The predicted molar refractivity (Wildman–Crippen MR) is 84.7 cm³/mol. The lowest BCUT2D eigenvalue weighted by Crippen LogP contribution is -2.47. The minimum atomic E-state index is -0.199. The molecule has 4 atom stereocenters. The molecule has 23 heavy (non-hydrogen) atoms. The smallest absolute Gasteiger partial charge is 0.311 e. The van der Waals surface area contributed by atoms with Crippen LogP contribution < -0.4 is 5.32 Å².